The number of benzene rings is 2. The molecule has 6 nitrogen and oxygen atoms in total. The van der Waals surface area contributed by atoms with Gasteiger partial charge in [-0.15, -0.1) is 0 Å². The molecule has 162 valence electrons. The molecule has 2 unspecified atom stereocenters. The molecule has 0 radical (unpaired) electrons. The predicted molar refractivity (Wildman–Crippen MR) is 118 cm³/mol. The molecule has 1 aliphatic heterocycles. The second-order valence-corrected chi connectivity index (χ2v) is 9.81. The summed E-state index contributed by atoms with van der Waals surface area (Å²) in [4.78, 5) is 13.8. The monoisotopic (exact) mass is 471 g/mol. The molecule has 0 amide bonds. The molecule has 0 aromatic heterocycles. The van der Waals surface area contributed by atoms with Gasteiger partial charge in [0, 0.05) is 17.5 Å². The number of halogens is 2. The molecule has 3 rings (SSSR count). The zero-order valence-electron chi connectivity index (χ0n) is 16.6. The Morgan fingerprint density at radius 3 is 2.33 bits per heavy atom. The van der Waals surface area contributed by atoms with Crippen LogP contribution in [0.4, 0.5) is 0 Å². The van der Waals surface area contributed by atoms with Crippen LogP contribution in [0.1, 0.15) is 35.7 Å². The lowest BCUT2D eigenvalue weighted by atomic mass is 9.65. The van der Waals surface area contributed by atoms with Gasteiger partial charge in [-0.1, -0.05) is 36.2 Å². The average Bonchev–Trinajstić information content (AvgIpc) is 3.21. The first-order chi connectivity index (χ1) is 14.1. The van der Waals surface area contributed by atoms with E-state index in [2.05, 4.69) is 5.32 Å². The van der Waals surface area contributed by atoms with Gasteiger partial charge >= 0.3 is 0 Å². The van der Waals surface area contributed by atoms with Gasteiger partial charge in [-0.25, -0.2) is 0 Å². The van der Waals surface area contributed by atoms with Crippen LogP contribution in [-0.4, -0.2) is 43.7 Å². The second kappa shape index (κ2) is 8.48. The van der Waals surface area contributed by atoms with Crippen LogP contribution in [0.5, 0.6) is 5.75 Å². The first-order valence-corrected chi connectivity index (χ1v) is 11.6. The maximum Gasteiger partial charge on any atom is 0.279 e. The van der Waals surface area contributed by atoms with Crippen molar-refractivity contribution in [2.75, 3.05) is 20.2 Å². The van der Waals surface area contributed by atoms with Crippen LogP contribution in [0.15, 0.2) is 42.5 Å². The Balaban J connectivity index is 2.29. The summed E-state index contributed by atoms with van der Waals surface area (Å²) in [5.41, 5.74) is -0.537. The lowest BCUT2D eigenvalue weighted by Crippen LogP contribution is -2.62. The van der Waals surface area contributed by atoms with Gasteiger partial charge in [-0.05, 0) is 61.3 Å². The summed E-state index contributed by atoms with van der Waals surface area (Å²) in [7, 11) is -3.35. The van der Waals surface area contributed by atoms with E-state index in [4.69, 9.17) is 27.9 Å². The third-order valence-electron chi connectivity index (χ3n) is 6.06. The van der Waals surface area contributed by atoms with Crippen LogP contribution in [0.25, 0.3) is 0 Å². The molecule has 9 heteroatoms. The lowest BCUT2D eigenvalue weighted by molar-refractivity contribution is 0.0869. The van der Waals surface area contributed by atoms with Crippen molar-refractivity contribution in [1.82, 2.24) is 5.32 Å². The van der Waals surface area contributed by atoms with E-state index in [0.717, 1.165) is 0 Å². The van der Waals surface area contributed by atoms with Crippen molar-refractivity contribution >= 4 is 39.1 Å². The van der Waals surface area contributed by atoms with Crippen molar-refractivity contribution in [2.24, 2.45) is 0 Å². The van der Waals surface area contributed by atoms with Crippen LogP contribution >= 0.6 is 23.2 Å². The van der Waals surface area contributed by atoms with Gasteiger partial charge in [0.2, 0.25) is 0 Å². The Labute approximate surface area is 186 Å². The molecular weight excluding hydrogens is 449 g/mol. The van der Waals surface area contributed by atoms with Gasteiger partial charge in [-0.2, -0.15) is 8.42 Å². The summed E-state index contributed by atoms with van der Waals surface area (Å²) >= 11 is 12.3. The largest absolute Gasteiger partial charge is 0.497 e. The van der Waals surface area contributed by atoms with Gasteiger partial charge in [0.05, 0.1) is 17.2 Å². The normalized spacial score (nSPS) is 21.2. The highest BCUT2D eigenvalue weighted by atomic mass is 35.5. The van der Waals surface area contributed by atoms with Gasteiger partial charge in [0.15, 0.2) is 10.5 Å². The van der Waals surface area contributed by atoms with Crippen LogP contribution in [-0.2, 0) is 15.5 Å². The molecule has 0 bridgehead atoms. The van der Waals surface area contributed by atoms with Crippen molar-refractivity contribution < 1.29 is 22.5 Å². The Morgan fingerprint density at radius 1 is 1.20 bits per heavy atom. The lowest BCUT2D eigenvalue weighted by Gasteiger charge is -2.45. The fourth-order valence-corrected chi connectivity index (χ4v) is 6.35. The van der Waals surface area contributed by atoms with Gasteiger partial charge < -0.3 is 10.1 Å². The molecule has 1 heterocycles. The maximum atomic E-state index is 13.8. The molecule has 0 spiro atoms. The Morgan fingerprint density at radius 2 is 1.87 bits per heavy atom. The van der Waals surface area contributed by atoms with E-state index in [1.165, 1.54) is 19.2 Å². The summed E-state index contributed by atoms with van der Waals surface area (Å²) < 4.78 is 39.4. The number of carbonyl (C=O) groups excluding carboxylic acids is 1. The van der Waals surface area contributed by atoms with Crippen molar-refractivity contribution in [3.8, 4) is 5.75 Å². The van der Waals surface area contributed by atoms with E-state index in [0.29, 0.717) is 29.3 Å². The van der Waals surface area contributed by atoms with E-state index in [9.17, 15) is 17.8 Å². The topological polar surface area (TPSA) is 92.7 Å². The van der Waals surface area contributed by atoms with Crippen molar-refractivity contribution in [3.05, 3.63) is 63.6 Å². The first kappa shape index (κ1) is 23.0. The smallest absolute Gasteiger partial charge is 0.279 e. The molecule has 2 atom stereocenters. The molecule has 2 N–H and O–H groups in total. The SMILES string of the molecule is CCC(C(=O)c1ccc(OC)cc1)(C1(c2ccc(Cl)c(Cl)c2)CCNC1)S(=O)(=O)O. The van der Waals surface area contributed by atoms with E-state index in [-0.39, 0.29) is 23.6 Å². The number of nitrogens with one attached hydrogen (secondary N) is 1. The highest BCUT2D eigenvalue weighted by Crippen LogP contribution is 2.49. The highest BCUT2D eigenvalue weighted by molar-refractivity contribution is 7.88. The molecule has 30 heavy (non-hydrogen) atoms. The minimum Gasteiger partial charge on any atom is -0.497 e. The molecular formula is C21H23Cl2NO5S. The quantitative estimate of drug-likeness (QED) is 0.465. The summed E-state index contributed by atoms with van der Waals surface area (Å²) in [6.45, 7) is 2.25. The van der Waals surface area contributed by atoms with Crippen molar-refractivity contribution in [1.29, 1.82) is 0 Å². The molecule has 2 aromatic carbocycles. The summed E-state index contributed by atoms with van der Waals surface area (Å²) in [6, 6.07) is 11.0. The minimum atomic E-state index is -4.85. The number of Topliss-reactive ketones (excluding diaryl/α,β-unsaturated/α-hetero) is 1. The Bertz CT molecular complexity index is 1050. The zero-order valence-corrected chi connectivity index (χ0v) is 18.9. The molecule has 1 aliphatic rings. The maximum absolute atomic E-state index is 13.8. The van der Waals surface area contributed by atoms with Gasteiger partial charge in [-0.3, -0.25) is 9.35 Å². The van der Waals surface area contributed by atoms with E-state index in [1.54, 1.807) is 37.3 Å². The minimum absolute atomic E-state index is 0.126. The predicted octanol–water partition coefficient (Wildman–Crippen LogP) is 4.15. The number of carbonyl (C=O) groups is 1. The van der Waals surface area contributed by atoms with Gasteiger partial charge in [0.1, 0.15) is 5.75 Å². The van der Waals surface area contributed by atoms with Crippen LogP contribution in [0.2, 0.25) is 10.0 Å². The van der Waals surface area contributed by atoms with Crippen LogP contribution < -0.4 is 10.1 Å². The van der Waals surface area contributed by atoms with Gasteiger partial charge in [0.25, 0.3) is 10.1 Å². The molecule has 1 saturated heterocycles. The average molecular weight is 472 g/mol. The number of rotatable bonds is 7. The number of methoxy groups -OCH3 is 1. The molecule has 2 aromatic rings. The van der Waals surface area contributed by atoms with E-state index in [1.807, 2.05) is 0 Å². The standard InChI is InChI=1S/C21H23Cl2NO5S/c1-3-21(30(26,27)28,19(25)14-4-7-16(29-2)8-5-14)20(10-11-24-13-20)15-6-9-17(22)18(23)12-15/h4-9,12,24H,3,10-11,13H2,1-2H3,(H,26,27,28). The third kappa shape index (κ3) is 3.52. The Hall–Kier alpha value is -1.64. The van der Waals surface area contributed by atoms with E-state index < -0.39 is 26.1 Å². The Kier molecular flexibility index (Phi) is 6.51. The molecule has 1 fully saturated rings. The first-order valence-electron chi connectivity index (χ1n) is 9.45. The van der Waals surface area contributed by atoms with Crippen LogP contribution in [0.3, 0.4) is 0 Å². The third-order valence-corrected chi connectivity index (χ3v) is 8.54. The van der Waals surface area contributed by atoms with Crippen molar-refractivity contribution in [3.63, 3.8) is 0 Å². The highest BCUT2D eigenvalue weighted by Gasteiger charge is 2.64. The number of ketones is 1. The fourth-order valence-electron chi connectivity index (χ4n) is 4.55. The molecule has 0 aliphatic carbocycles. The van der Waals surface area contributed by atoms with Crippen LogP contribution in [0, 0.1) is 0 Å². The second-order valence-electron chi connectivity index (χ2n) is 7.35. The fraction of sp³-hybridized carbons (Fsp3) is 0.381. The summed E-state index contributed by atoms with van der Waals surface area (Å²) in [6.07, 6.45) is 0.194. The number of ether oxygens (including phenoxy) is 1. The number of hydrogen-bond donors (Lipinski definition) is 2. The van der Waals surface area contributed by atoms with Crippen molar-refractivity contribution in [2.45, 2.75) is 29.9 Å². The molecule has 0 saturated carbocycles. The summed E-state index contributed by atoms with van der Waals surface area (Å²) in [5, 5.41) is 3.72. The van der Waals surface area contributed by atoms with E-state index >= 15 is 0 Å². The zero-order chi connectivity index (χ0) is 22.2. The number of hydrogen-bond acceptors (Lipinski definition) is 5. The summed E-state index contributed by atoms with van der Waals surface area (Å²) in [5.74, 6) is -0.146.